The quantitative estimate of drug-likeness (QED) is 0.545. The molecule has 8 heavy (non-hydrogen) atoms. The van der Waals surface area contributed by atoms with Gasteiger partial charge in [0, 0.05) is 0 Å². The number of rotatable bonds is 4. The third-order valence-corrected chi connectivity index (χ3v) is 1.07. The SMILES string of the molecule is CCC(F)CCC=N. The van der Waals surface area contributed by atoms with E-state index in [0.29, 0.717) is 19.3 Å². The highest BCUT2D eigenvalue weighted by Crippen LogP contribution is 2.03. The van der Waals surface area contributed by atoms with Gasteiger partial charge in [-0.05, 0) is 25.5 Å². The van der Waals surface area contributed by atoms with Gasteiger partial charge in [0.15, 0.2) is 0 Å². The Kier molecular flexibility index (Phi) is 4.51. The van der Waals surface area contributed by atoms with Crippen LogP contribution in [0.1, 0.15) is 26.2 Å². The molecule has 0 saturated heterocycles. The van der Waals surface area contributed by atoms with E-state index in [2.05, 4.69) is 0 Å². The fourth-order valence-electron chi connectivity index (χ4n) is 0.468. The van der Waals surface area contributed by atoms with E-state index in [4.69, 9.17) is 5.41 Å². The summed E-state index contributed by atoms with van der Waals surface area (Å²) in [6.45, 7) is 1.81. The standard InChI is InChI=1S/C6H12FN/c1-2-6(7)4-3-5-8/h5-6,8H,2-4H2,1H3. The predicted molar refractivity (Wildman–Crippen MR) is 33.2 cm³/mol. The van der Waals surface area contributed by atoms with Crippen molar-refractivity contribution in [3.05, 3.63) is 0 Å². The van der Waals surface area contributed by atoms with Crippen molar-refractivity contribution in [1.29, 1.82) is 5.41 Å². The van der Waals surface area contributed by atoms with Crippen molar-refractivity contribution in [2.45, 2.75) is 32.4 Å². The predicted octanol–water partition coefficient (Wildman–Crippen LogP) is 2.16. The molecule has 0 aliphatic rings. The second-order valence-corrected chi connectivity index (χ2v) is 1.79. The van der Waals surface area contributed by atoms with E-state index in [9.17, 15) is 4.39 Å². The van der Waals surface area contributed by atoms with Crippen LogP contribution in [0.5, 0.6) is 0 Å². The van der Waals surface area contributed by atoms with Crippen molar-refractivity contribution in [3.63, 3.8) is 0 Å². The minimum Gasteiger partial charge on any atom is -0.313 e. The summed E-state index contributed by atoms with van der Waals surface area (Å²) in [6, 6.07) is 0. The molecule has 48 valence electrons. The Bertz CT molecular complexity index is 63.5. The van der Waals surface area contributed by atoms with E-state index in [1.807, 2.05) is 6.92 Å². The van der Waals surface area contributed by atoms with E-state index in [1.54, 1.807) is 0 Å². The molecule has 0 amide bonds. The maximum atomic E-state index is 12.2. The van der Waals surface area contributed by atoms with Crippen LogP contribution in [0.3, 0.4) is 0 Å². The zero-order chi connectivity index (χ0) is 6.41. The summed E-state index contributed by atoms with van der Waals surface area (Å²) < 4.78 is 12.2. The minimum atomic E-state index is -0.698. The molecule has 1 unspecified atom stereocenters. The van der Waals surface area contributed by atoms with E-state index >= 15 is 0 Å². The van der Waals surface area contributed by atoms with E-state index in [0.717, 1.165) is 0 Å². The molecular formula is C6H12FN. The molecule has 0 fully saturated rings. The Morgan fingerprint density at radius 1 is 1.75 bits per heavy atom. The lowest BCUT2D eigenvalue weighted by molar-refractivity contribution is 0.310. The topological polar surface area (TPSA) is 23.9 Å². The molecule has 0 saturated carbocycles. The van der Waals surface area contributed by atoms with Crippen molar-refractivity contribution in [3.8, 4) is 0 Å². The van der Waals surface area contributed by atoms with Crippen LogP contribution in [0.2, 0.25) is 0 Å². The molecule has 1 nitrogen and oxygen atoms in total. The van der Waals surface area contributed by atoms with Gasteiger partial charge in [0.25, 0.3) is 0 Å². The van der Waals surface area contributed by atoms with E-state index in [-0.39, 0.29) is 0 Å². The lowest BCUT2D eigenvalue weighted by Gasteiger charge is -1.98. The van der Waals surface area contributed by atoms with Gasteiger partial charge in [0.1, 0.15) is 6.17 Å². The highest BCUT2D eigenvalue weighted by molar-refractivity contribution is 5.52. The molecule has 0 aromatic heterocycles. The molecule has 0 radical (unpaired) electrons. The smallest absolute Gasteiger partial charge is 0.100 e. The molecule has 1 atom stereocenters. The first-order valence-corrected chi connectivity index (χ1v) is 2.94. The van der Waals surface area contributed by atoms with Gasteiger partial charge in [0.05, 0.1) is 0 Å². The van der Waals surface area contributed by atoms with Gasteiger partial charge >= 0.3 is 0 Å². The van der Waals surface area contributed by atoms with E-state index < -0.39 is 6.17 Å². The first kappa shape index (κ1) is 7.60. The van der Waals surface area contributed by atoms with Crippen LogP contribution in [-0.4, -0.2) is 12.4 Å². The summed E-state index contributed by atoms with van der Waals surface area (Å²) in [7, 11) is 0. The van der Waals surface area contributed by atoms with Crippen LogP contribution in [-0.2, 0) is 0 Å². The number of hydrogen-bond donors (Lipinski definition) is 1. The number of nitrogens with one attached hydrogen (secondary N) is 1. The first-order valence-electron chi connectivity index (χ1n) is 2.94. The van der Waals surface area contributed by atoms with Gasteiger partial charge < -0.3 is 5.41 Å². The van der Waals surface area contributed by atoms with Crippen molar-refractivity contribution < 1.29 is 4.39 Å². The summed E-state index contributed by atoms with van der Waals surface area (Å²) >= 11 is 0. The number of hydrogen-bond acceptors (Lipinski definition) is 1. The lowest BCUT2D eigenvalue weighted by atomic mass is 10.2. The molecule has 0 rings (SSSR count). The molecule has 0 aromatic rings. The second kappa shape index (κ2) is 4.75. The monoisotopic (exact) mass is 117 g/mol. The largest absolute Gasteiger partial charge is 0.313 e. The van der Waals surface area contributed by atoms with Gasteiger partial charge in [0.2, 0.25) is 0 Å². The first-order chi connectivity index (χ1) is 3.81. The van der Waals surface area contributed by atoms with Crippen molar-refractivity contribution in [1.82, 2.24) is 0 Å². The molecule has 0 bridgehead atoms. The van der Waals surface area contributed by atoms with Crippen LogP contribution in [0, 0.1) is 5.41 Å². The third-order valence-electron chi connectivity index (χ3n) is 1.07. The molecule has 0 spiro atoms. The molecule has 0 aromatic carbocycles. The van der Waals surface area contributed by atoms with Gasteiger partial charge in [-0.3, -0.25) is 0 Å². The molecule has 2 heteroatoms. The second-order valence-electron chi connectivity index (χ2n) is 1.79. The minimum absolute atomic E-state index is 0.514. The normalized spacial score (nSPS) is 13.2. The fraction of sp³-hybridized carbons (Fsp3) is 0.833. The van der Waals surface area contributed by atoms with Crippen LogP contribution in [0.15, 0.2) is 0 Å². The fourth-order valence-corrected chi connectivity index (χ4v) is 0.468. The molecule has 0 aliphatic carbocycles. The van der Waals surface area contributed by atoms with Crippen LogP contribution < -0.4 is 0 Å². The molecule has 0 aliphatic heterocycles. The summed E-state index contributed by atoms with van der Waals surface area (Å²) in [5.74, 6) is 0. The lowest BCUT2D eigenvalue weighted by Crippen LogP contribution is -1.96. The Labute approximate surface area is 49.4 Å². The van der Waals surface area contributed by atoms with Gasteiger partial charge in [-0.15, -0.1) is 0 Å². The van der Waals surface area contributed by atoms with Gasteiger partial charge in [-0.25, -0.2) is 4.39 Å². The number of halogens is 1. The molecule has 1 N–H and O–H groups in total. The Morgan fingerprint density at radius 2 is 2.38 bits per heavy atom. The van der Waals surface area contributed by atoms with Crippen LogP contribution in [0.25, 0.3) is 0 Å². The summed E-state index contributed by atoms with van der Waals surface area (Å²) in [5, 5.41) is 6.58. The summed E-state index contributed by atoms with van der Waals surface area (Å²) in [5.41, 5.74) is 0. The summed E-state index contributed by atoms with van der Waals surface area (Å²) in [6.07, 6.45) is 2.22. The average molecular weight is 117 g/mol. The average Bonchev–Trinajstić information content (AvgIpc) is 1.83. The van der Waals surface area contributed by atoms with E-state index in [1.165, 1.54) is 6.21 Å². The Balaban J connectivity index is 2.97. The molecule has 0 heterocycles. The van der Waals surface area contributed by atoms with Crippen LogP contribution >= 0.6 is 0 Å². The van der Waals surface area contributed by atoms with Crippen molar-refractivity contribution in [2.24, 2.45) is 0 Å². The highest BCUT2D eigenvalue weighted by Gasteiger charge is 1.98. The van der Waals surface area contributed by atoms with Crippen LogP contribution in [0.4, 0.5) is 4.39 Å². The third kappa shape index (κ3) is 3.78. The molecular weight excluding hydrogens is 105 g/mol. The van der Waals surface area contributed by atoms with Crippen molar-refractivity contribution in [2.75, 3.05) is 0 Å². The Morgan fingerprint density at radius 3 is 2.75 bits per heavy atom. The Hall–Kier alpha value is -0.400. The van der Waals surface area contributed by atoms with Crippen molar-refractivity contribution >= 4 is 6.21 Å². The zero-order valence-electron chi connectivity index (χ0n) is 5.15. The highest BCUT2D eigenvalue weighted by atomic mass is 19.1. The summed E-state index contributed by atoms with van der Waals surface area (Å²) in [4.78, 5) is 0. The maximum absolute atomic E-state index is 12.2. The van der Waals surface area contributed by atoms with Gasteiger partial charge in [-0.2, -0.15) is 0 Å². The maximum Gasteiger partial charge on any atom is 0.100 e. The van der Waals surface area contributed by atoms with Gasteiger partial charge in [-0.1, -0.05) is 6.92 Å². The zero-order valence-corrected chi connectivity index (χ0v) is 5.15. The number of alkyl halides is 1.